The summed E-state index contributed by atoms with van der Waals surface area (Å²) in [6, 6.07) is 10.0. The van der Waals surface area contributed by atoms with Crippen LogP contribution in [0.1, 0.15) is 62.9 Å². The molecule has 0 saturated heterocycles. The van der Waals surface area contributed by atoms with Crippen LogP contribution in [0.2, 0.25) is 0 Å². The van der Waals surface area contributed by atoms with Crippen LogP contribution in [0.4, 0.5) is 0 Å². The van der Waals surface area contributed by atoms with Crippen LogP contribution in [0.3, 0.4) is 0 Å². The molecule has 0 spiro atoms. The molecule has 1 saturated carbocycles. The number of nitrogens with one attached hydrogen (secondary N) is 1. The molecule has 156 valence electrons. The minimum Gasteiger partial charge on any atom is -0.370 e. The summed E-state index contributed by atoms with van der Waals surface area (Å²) < 4.78 is 1.95. The average molecular weight is 416 g/mol. The van der Waals surface area contributed by atoms with Gasteiger partial charge in [-0.25, -0.2) is 0 Å². The smallest absolute Gasteiger partial charge is 0.230 e. The Labute approximate surface area is 175 Å². The van der Waals surface area contributed by atoms with Gasteiger partial charge < -0.3 is 15.6 Å². The minimum absolute atomic E-state index is 0.0148. The second kappa shape index (κ2) is 9.91. The van der Waals surface area contributed by atoms with Gasteiger partial charge in [-0.15, -0.1) is 10.2 Å². The van der Waals surface area contributed by atoms with Gasteiger partial charge in [0.05, 0.1) is 11.8 Å². The van der Waals surface area contributed by atoms with Crippen molar-refractivity contribution in [2.75, 3.05) is 5.75 Å². The Balaban J connectivity index is 1.62. The third-order valence-corrected chi connectivity index (χ3v) is 5.81. The second-order valence-corrected chi connectivity index (χ2v) is 8.87. The Kier molecular flexibility index (Phi) is 7.30. The fraction of sp³-hybridized carbons (Fsp3) is 0.524. The quantitative estimate of drug-likeness (QED) is 0.549. The van der Waals surface area contributed by atoms with Crippen LogP contribution in [0.15, 0.2) is 35.5 Å². The molecule has 1 heterocycles. The van der Waals surface area contributed by atoms with Crippen molar-refractivity contribution < 1.29 is 9.59 Å². The van der Waals surface area contributed by atoms with E-state index in [4.69, 9.17) is 5.73 Å². The van der Waals surface area contributed by atoms with Gasteiger partial charge in [0.2, 0.25) is 11.8 Å². The van der Waals surface area contributed by atoms with E-state index in [-0.39, 0.29) is 30.0 Å². The first-order valence-electron chi connectivity index (χ1n) is 10.1. The lowest BCUT2D eigenvalue weighted by atomic mass is 9.97. The summed E-state index contributed by atoms with van der Waals surface area (Å²) in [4.78, 5) is 23.9. The van der Waals surface area contributed by atoms with Crippen LogP contribution < -0.4 is 11.1 Å². The van der Waals surface area contributed by atoms with Crippen LogP contribution >= 0.6 is 11.8 Å². The molecule has 2 amide bonds. The minimum atomic E-state index is -0.353. The fourth-order valence-electron chi connectivity index (χ4n) is 3.28. The van der Waals surface area contributed by atoms with Crippen molar-refractivity contribution >= 4 is 23.6 Å². The van der Waals surface area contributed by atoms with Crippen LogP contribution in [0.25, 0.3) is 0 Å². The van der Waals surface area contributed by atoms with Crippen molar-refractivity contribution in [2.45, 2.75) is 63.2 Å². The maximum atomic E-state index is 12.6. The lowest BCUT2D eigenvalue weighted by Gasteiger charge is -2.21. The highest BCUT2D eigenvalue weighted by atomic mass is 32.2. The molecule has 1 aromatic heterocycles. The number of primary amides is 1. The number of thioether (sulfide) groups is 1. The van der Waals surface area contributed by atoms with Gasteiger partial charge in [-0.3, -0.25) is 9.59 Å². The highest BCUT2D eigenvalue weighted by molar-refractivity contribution is 7.99. The molecule has 7 nitrogen and oxygen atoms in total. The maximum absolute atomic E-state index is 12.6. The second-order valence-electron chi connectivity index (χ2n) is 7.93. The SMILES string of the molecule is CC(C)CC(NC(=O)CSc1nnc(C2CC2)n1CCC(N)=O)c1ccccc1. The van der Waals surface area contributed by atoms with Gasteiger partial charge in [0.25, 0.3) is 0 Å². The Bertz CT molecular complexity index is 833. The zero-order chi connectivity index (χ0) is 20.8. The van der Waals surface area contributed by atoms with Gasteiger partial charge in [0, 0.05) is 18.9 Å². The van der Waals surface area contributed by atoms with E-state index >= 15 is 0 Å². The van der Waals surface area contributed by atoms with Crippen molar-refractivity contribution in [1.82, 2.24) is 20.1 Å². The van der Waals surface area contributed by atoms with E-state index in [1.54, 1.807) is 0 Å². The third-order valence-electron chi connectivity index (χ3n) is 4.85. The fourth-order valence-corrected chi connectivity index (χ4v) is 4.07. The van der Waals surface area contributed by atoms with Gasteiger partial charge in [-0.2, -0.15) is 0 Å². The first-order chi connectivity index (χ1) is 13.9. The summed E-state index contributed by atoms with van der Waals surface area (Å²) in [5, 5.41) is 12.4. The monoisotopic (exact) mass is 415 g/mol. The number of nitrogens with two attached hydrogens (primary N) is 1. The van der Waals surface area contributed by atoms with E-state index in [2.05, 4.69) is 29.4 Å². The van der Waals surface area contributed by atoms with E-state index in [1.807, 2.05) is 34.9 Å². The summed E-state index contributed by atoms with van der Waals surface area (Å²) in [7, 11) is 0. The molecule has 1 atom stereocenters. The molecule has 8 heteroatoms. The van der Waals surface area contributed by atoms with Crippen LogP contribution in [-0.2, 0) is 16.1 Å². The number of nitrogens with zero attached hydrogens (tertiary/aromatic N) is 3. The van der Waals surface area contributed by atoms with E-state index in [9.17, 15) is 9.59 Å². The summed E-state index contributed by atoms with van der Waals surface area (Å²) in [5.74, 6) is 1.63. The zero-order valence-corrected chi connectivity index (χ0v) is 17.8. The first-order valence-corrected chi connectivity index (χ1v) is 11.1. The Morgan fingerprint density at radius 1 is 1.24 bits per heavy atom. The van der Waals surface area contributed by atoms with Crippen molar-refractivity contribution in [2.24, 2.45) is 11.7 Å². The van der Waals surface area contributed by atoms with Crippen molar-refractivity contribution in [3.05, 3.63) is 41.7 Å². The number of hydrogen-bond acceptors (Lipinski definition) is 5. The Hall–Kier alpha value is -2.35. The van der Waals surface area contributed by atoms with Gasteiger partial charge in [0.15, 0.2) is 5.16 Å². The molecule has 1 unspecified atom stereocenters. The summed E-state index contributed by atoms with van der Waals surface area (Å²) >= 11 is 1.35. The number of carbonyl (C=O) groups excluding carboxylic acids is 2. The topological polar surface area (TPSA) is 103 Å². The number of hydrogen-bond donors (Lipinski definition) is 2. The van der Waals surface area contributed by atoms with Crippen molar-refractivity contribution in [3.63, 3.8) is 0 Å². The molecule has 0 radical (unpaired) electrons. The number of benzene rings is 1. The largest absolute Gasteiger partial charge is 0.370 e. The third kappa shape index (κ3) is 6.32. The zero-order valence-electron chi connectivity index (χ0n) is 17.0. The number of carbonyl (C=O) groups is 2. The van der Waals surface area contributed by atoms with E-state index in [0.29, 0.717) is 23.5 Å². The van der Waals surface area contributed by atoms with Crippen LogP contribution in [0, 0.1) is 5.92 Å². The molecule has 3 rings (SSSR count). The standard InChI is InChI=1S/C21H29N5O2S/c1-14(2)12-17(15-6-4-3-5-7-15)23-19(28)13-29-21-25-24-20(16-8-9-16)26(21)11-10-18(22)27/h3-7,14,16-17H,8-13H2,1-2H3,(H2,22,27)(H,23,28). The van der Waals surface area contributed by atoms with E-state index in [0.717, 1.165) is 30.7 Å². The molecule has 29 heavy (non-hydrogen) atoms. The molecule has 1 fully saturated rings. The molecular formula is C21H29N5O2S. The van der Waals surface area contributed by atoms with Gasteiger partial charge in [-0.05, 0) is 30.7 Å². The molecule has 0 aliphatic heterocycles. The molecule has 3 N–H and O–H groups in total. The highest BCUT2D eigenvalue weighted by Crippen LogP contribution is 2.40. The van der Waals surface area contributed by atoms with Gasteiger partial charge in [-0.1, -0.05) is 55.9 Å². The Morgan fingerprint density at radius 2 is 1.97 bits per heavy atom. The van der Waals surface area contributed by atoms with Crippen LogP contribution in [0.5, 0.6) is 0 Å². The maximum Gasteiger partial charge on any atom is 0.230 e. The summed E-state index contributed by atoms with van der Waals surface area (Å²) in [6.07, 6.45) is 3.30. The Morgan fingerprint density at radius 3 is 2.59 bits per heavy atom. The summed E-state index contributed by atoms with van der Waals surface area (Å²) in [5.41, 5.74) is 6.42. The van der Waals surface area contributed by atoms with Crippen molar-refractivity contribution in [1.29, 1.82) is 0 Å². The molecule has 1 aliphatic rings. The van der Waals surface area contributed by atoms with Gasteiger partial charge in [0.1, 0.15) is 5.82 Å². The van der Waals surface area contributed by atoms with Crippen LogP contribution in [-0.4, -0.2) is 32.3 Å². The average Bonchev–Trinajstić information content (AvgIpc) is 3.45. The molecule has 1 aliphatic carbocycles. The van der Waals surface area contributed by atoms with E-state index < -0.39 is 0 Å². The van der Waals surface area contributed by atoms with E-state index in [1.165, 1.54) is 11.8 Å². The number of rotatable bonds is 11. The lowest BCUT2D eigenvalue weighted by Crippen LogP contribution is -2.31. The first kappa shape index (κ1) is 21.4. The molecule has 2 aromatic rings. The predicted molar refractivity (Wildman–Crippen MR) is 113 cm³/mol. The molecule has 0 bridgehead atoms. The highest BCUT2D eigenvalue weighted by Gasteiger charge is 2.30. The molecule has 1 aromatic carbocycles. The van der Waals surface area contributed by atoms with Gasteiger partial charge >= 0.3 is 0 Å². The summed E-state index contributed by atoms with van der Waals surface area (Å²) in [6.45, 7) is 4.76. The normalized spacial score (nSPS) is 14.7. The lowest BCUT2D eigenvalue weighted by molar-refractivity contribution is -0.119. The molecular weight excluding hydrogens is 386 g/mol. The van der Waals surface area contributed by atoms with Crippen molar-refractivity contribution in [3.8, 4) is 0 Å². The predicted octanol–water partition coefficient (Wildman–Crippen LogP) is 3.03. The number of aromatic nitrogens is 3. The number of amides is 2.